The molecule has 0 aromatic heterocycles. The summed E-state index contributed by atoms with van der Waals surface area (Å²) in [5.74, 6) is -0.870. The highest BCUT2D eigenvalue weighted by molar-refractivity contribution is 7.47. The molecule has 11 heteroatoms. The zero-order valence-corrected chi connectivity index (χ0v) is 34.1. The molecular weight excluding hydrogens is 669 g/mol. The predicted octanol–water partition coefficient (Wildman–Crippen LogP) is 9.77. The quantitative estimate of drug-likeness (QED) is 0.0212. The van der Waals surface area contributed by atoms with Crippen LogP contribution in [0.5, 0.6) is 0 Å². The second-order valence-electron chi connectivity index (χ2n) is 14.9. The van der Waals surface area contributed by atoms with Crippen molar-refractivity contribution < 1.29 is 47.2 Å². The number of unbranched alkanes of at least 4 members (excludes halogenated alkanes) is 17. The van der Waals surface area contributed by atoms with Gasteiger partial charge in [-0.2, -0.15) is 0 Å². The van der Waals surface area contributed by atoms with Crippen LogP contribution < -0.4 is 0 Å². The number of hydrogen-bond acceptors (Lipinski definition) is 8. The summed E-state index contributed by atoms with van der Waals surface area (Å²) in [4.78, 5) is 35.2. The minimum Gasteiger partial charge on any atom is -0.462 e. The zero-order valence-electron chi connectivity index (χ0n) is 33.2. The monoisotopic (exact) mass is 747 g/mol. The molecule has 0 spiro atoms. The van der Waals surface area contributed by atoms with Crippen LogP contribution in [0.3, 0.4) is 0 Å². The Bertz CT molecular complexity index is 951. The average Bonchev–Trinajstić information content (AvgIpc) is 3.06. The van der Waals surface area contributed by atoms with Gasteiger partial charge in [0.15, 0.2) is 6.10 Å². The summed E-state index contributed by atoms with van der Waals surface area (Å²) >= 11 is 0. The number of ether oxygens (including phenoxy) is 2. The first kappa shape index (κ1) is 49.5. The molecule has 0 saturated heterocycles. The highest BCUT2D eigenvalue weighted by Crippen LogP contribution is 2.43. The topological polar surface area (TPSA) is 129 Å². The molecular formula is C40H77NO9P+. The van der Waals surface area contributed by atoms with Crippen molar-refractivity contribution in [1.29, 1.82) is 0 Å². The van der Waals surface area contributed by atoms with E-state index in [0.29, 0.717) is 23.9 Å². The first-order valence-corrected chi connectivity index (χ1v) is 21.7. The van der Waals surface area contributed by atoms with Crippen molar-refractivity contribution in [2.24, 2.45) is 0 Å². The molecule has 0 aromatic rings. The summed E-state index contributed by atoms with van der Waals surface area (Å²) in [7, 11) is 1.42. The van der Waals surface area contributed by atoms with Crippen molar-refractivity contribution in [1.82, 2.24) is 0 Å². The Kier molecular flexibility index (Phi) is 32.0. The van der Waals surface area contributed by atoms with Gasteiger partial charge in [-0.3, -0.25) is 18.6 Å². The van der Waals surface area contributed by atoms with E-state index in [4.69, 9.17) is 18.5 Å². The van der Waals surface area contributed by atoms with Gasteiger partial charge >= 0.3 is 19.8 Å². The molecule has 3 atom stereocenters. The van der Waals surface area contributed by atoms with E-state index in [1.807, 2.05) is 39.4 Å². The van der Waals surface area contributed by atoms with E-state index in [1.165, 1.54) is 70.6 Å². The van der Waals surface area contributed by atoms with Crippen LogP contribution in [-0.2, 0) is 32.7 Å². The Balaban J connectivity index is 4.50. The van der Waals surface area contributed by atoms with Gasteiger partial charge in [-0.15, -0.1) is 0 Å². The Hall–Kier alpha value is -1.55. The number of carbonyl (C=O) groups is 2. The van der Waals surface area contributed by atoms with Crippen LogP contribution >= 0.6 is 7.82 Å². The van der Waals surface area contributed by atoms with E-state index < -0.39 is 38.6 Å². The van der Waals surface area contributed by atoms with Gasteiger partial charge in [0, 0.05) is 12.8 Å². The second-order valence-corrected chi connectivity index (χ2v) is 16.3. The van der Waals surface area contributed by atoms with Gasteiger partial charge in [-0.25, -0.2) is 4.57 Å². The van der Waals surface area contributed by atoms with Gasteiger partial charge in [-0.05, 0) is 32.1 Å². The summed E-state index contributed by atoms with van der Waals surface area (Å²) in [6.45, 7) is 4.25. The van der Waals surface area contributed by atoms with E-state index in [-0.39, 0.29) is 26.1 Å². The molecule has 300 valence electrons. The maximum atomic E-state index is 12.6. The lowest BCUT2D eigenvalue weighted by atomic mass is 10.1. The number of aliphatic hydroxyl groups excluding tert-OH is 1. The van der Waals surface area contributed by atoms with E-state index in [9.17, 15) is 24.2 Å². The number of quaternary nitrogens is 1. The molecule has 51 heavy (non-hydrogen) atoms. The fourth-order valence-electron chi connectivity index (χ4n) is 5.33. The number of likely N-dealkylation sites (N-methyl/N-ethyl adjacent to an activating group) is 1. The second kappa shape index (κ2) is 33.1. The molecule has 0 heterocycles. The minimum absolute atomic E-state index is 0.0157. The molecule has 10 nitrogen and oxygen atoms in total. The highest BCUT2D eigenvalue weighted by Gasteiger charge is 2.27. The number of phosphoric ester groups is 1. The van der Waals surface area contributed by atoms with E-state index in [0.717, 1.165) is 51.4 Å². The summed E-state index contributed by atoms with van der Waals surface area (Å²) in [6, 6.07) is 0. The van der Waals surface area contributed by atoms with Crippen molar-refractivity contribution in [3.8, 4) is 0 Å². The van der Waals surface area contributed by atoms with Crippen molar-refractivity contribution in [2.75, 3.05) is 47.5 Å². The van der Waals surface area contributed by atoms with Crippen LogP contribution in [0.4, 0.5) is 0 Å². The number of carbonyl (C=O) groups excluding carboxylic acids is 2. The number of esters is 2. The summed E-state index contributed by atoms with van der Waals surface area (Å²) in [6.07, 6.45) is 29.6. The first-order valence-electron chi connectivity index (χ1n) is 20.2. The molecule has 3 unspecified atom stereocenters. The molecule has 0 aliphatic heterocycles. The molecule has 2 N–H and O–H groups in total. The third-order valence-corrected chi connectivity index (χ3v) is 9.57. The SMILES string of the molecule is CCCCC/C=C\C=C\C(O)CCCCCCCC(=O)OC(COC(=O)CCCCCCCCCCCCC)COP(=O)(O)OCC[N+](C)(C)C. The van der Waals surface area contributed by atoms with Crippen LogP contribution in [0.2, 0.25) is 0 Å². The van der Waals surface area contributed by atoms with Crippen LogP contribution in [0.1, 0.15) is 162 Å². The van der Waals surface area contributed by atoms with Gasteiger partial charge < -0.3 is 24.0 Å². The largest absolute Gasteiger partial charge is 0.472 e. The lowest BCUT2D eigenvalue weighted by Crippen LogP contribution is -2.37. The molecule has 0 aliphatic carbocycles. The molecule has 0 saturated carbocycles. The van der Waals surface area contributed by atoms with Crippen molar-refractivity contribution >= 4 is 19.8 Å². The van der Waals surface area contributed by atoms with Crippen LogP contribution in [-0.4, -0.2) is 86.1 Å². The fourth-order valence-corrected chi connectivity index (χ4v) is 6.07. The number of nitrogens with zero attached hydrogens (tertiary/aromatic N) is 1. The van der Waals surface area contributed by atoms with Gasteiger partial charge in [0.2, 0.25) is 0 Å². The molecule has 0 bridgehead atoms. The summed E-state index contributed by atoms with van der Waals surface area (Å²) < 4.78 is 34.1. The van der Waals surface area contributed by atoms with Crippen LogP contribution in [0.15, 0.2) is 24.3 Å². The Morgan fingerprint density at radius 3 is 1.80 bits per heavy atom. The number of rotatable bonds is 36. The lowest BCUT2D eigenvalue weighted by Gasteiger charge is -2.24. The average molecular weight is 747 g/mol. The summed E-state index contributed by atoms with van der Waals surface area (Å²) in [5, 5.41) is 10.1. The number of hydrogen-bond donors (Lipinski definition) is 2. The predicted molar refractivity (Wildman–Crippen MR) is 207 cm³/mol. The Morgan fingerprint density at radius 2 is 1.22 bits per heavy atom. The molecule has 0 amide bonds. The van der Waals surface area contributed by atoms with Crippen molar-refractivity contribution in [3.63, 3.8) is 0 Å². The third-order valence-electron chi connectivity index (χ3n) is 8.59. The maximum absolute atomic E-state index is 12.6. The number of aliphatic hydroxyl groups is 1. The van der Waals surface area contributed by atoms with Crippen molar-refractivity contribution in [2.45, 2.75) is 174 Å². The molecule has 0 radical (unpaired) electrons. The van der Waals surface area contributed by atoms with Gasteiger partial charge in [0.25, 0.3) is 0 Å². The number of phosphoric acid groups is 1. The zero-order chi connectivity index (χ0) is 38.1. The molecule has 0 rings (SSSR count). The fraction of sp³-hybridized carbons (Fsp3) is 0.850. The Labute approximate surface area is 311 Å². The minimum atomic E-state index is -4.39. The third kappa shape index (κ3) is 36.6. The van der Waals surface area contributed by atoms with Crippen LogP contribution in [0.25, 0.3) is 0 Å². The molecule has 0 aromatic carbocycles. The molecule has 0 aliphatic rings. The Morgan fingerprint density at radius 1 is 0.686 bits per heavy atom. The van der Waals surface area contributed by atoms with Crippen LogP contribution in [0, 0.1) is 0 Å². The molecule has 0 fully saturated rings. The normalized spacial score (nSPS) is 14.6. The van der Waals surface area contributed by atoms with Gasteiger partial charge in [-0.1, -0.05) is 141 Å². The lowest BCUT2D eigenvalue weighted by molar-refractivity contribution is -0.870. The van der Waals surface area contributed by atoms with Gasteiger partial charge in [0.05, 0.1) is 33.9 Å². The van der Waals surface area contributed by atoms with E-state index in [2.05, 4.69) is 19.9 Å². The maximum Gasteiger partial charge on any atom is 0.472 e. The number of allylic oxidation sites excluding steroid dienone is 3. The summed E-state index contributed by atoms with van der Waals surface area (Å²) in [5.41, 5.74) is 0. The van der Waals surface area contributed by atoms with E-state index in [1.54, 1.807) is 0 Å². The van der Waals surface area contributed by atoms with E-state index >= 15 is 0 Å². The first-order chi connectivity index (χ1) is 24.4. The van der Waals surface area contributed by atoms with Crippen molar-refractivity contribution in [3.05, 3.63) is 24.3 Å². The smallest absolute Gasteiger partial charge is 0.462 e. The van der Waals surface area contributed by atoms with Gasteiger partial charge in [0.1, 0.15) is 19.8 Å². The standard InChI is InChI=1S/C40H76NO9P/c1-6-8-10-12-14-15-16-17-19-23-27-31-39(43)47-35-38(36-49-51(45,46)48-34-33-41(3,4)5)50-40(44)32-28-24-20-22-26-30-37(42)29-25-21-18-13-11-9-7-2/h18,21,25,29,37-38,42H,6-17,19-20,22-24,26-28,30-36H2,1-5H3/p+1/b21-18-,29-25+. The highest BCUT2D eigenvalue weighted by atomic mass is 31.2.